The highest BCUT2D eigenvalue weighted by molar-refractivity contribution is 8.13. The van der Waals surface area contributed by atoms with Gasteiger partial charge in [-0.05, 0) is 62.7 Å². The predicted molar refractivity (Wildman–Crippen MR) is 138 cm³/mol. The molecule has 0 aliphatic rings. The lowest BCUT2D eigenvalue weighted by Crippen LogP contribution is -2.15. The van der Waals surface area contributed by atoms with Crippen LogP contribution in [0, 0.1) is 13.8 Å². The number of aliphatic imine (C=N–C) groups is 2. The summed E-state index contributed by atoms with van der Waals surface area (Å²) in [5.74, 6) is 0. The van der Waals surface area contributed by atoms with Crippen LogP contribution in [0.1, 0.15) is 27.9 Å². The lowest BCUT2D eigenvalue weighted by Gasteiger charge is -2.10. The van der Waals surface area contributed by atoms with Gasteiger partial charge in [-0.25, -0.2) is 4.40 Å². The zero-order chi connectivity index (χ0) is 22.9. The van der Waals surface area contributed by atoms with Crippen LogP contribution in [0.4, 0.5) is 5.69 Å². The molecule has 32 heavy (non-hydrogen) atoms. The highest BCUT2D eigenvalue weighted by Crippen LogP contribution is 2.25. The minimum absolute atomic E-state index is 0.438. The zero-order valence-electron chi connectivity index (χ0n) is 18.4. The van der Waals surface area contributed by atoms with Crippen LogP contribution in [-0.4, -0.2) is 35.1 Å². The molecule has 7 heteroatoms. The molecule has 3 aromatic rings. The van der Waals surface area contributed by atoms with Crippen LogP contribution in [0.25, 0.3) is 17.3 Å². The number of nitrogens with one attached hydrogen (secondary N) is 1. The van der Waals surface area contributed by atoms with Gasteiger partial charge in [-0.15, -0.1) is 0 Å². The fourth-order valence-corrected chi connectivity index (χ4v) is 3.76. The molecular formula is C25H26N6S. The summed E-state index contributed by atoms with van der Waals surface area (Å²) in [6.07, 6.45) is 5.46. The Kier molecular flexibility index (Phi) is 8.19. The third kappa shape index (κ3) is 5.84. The second-order valence-electron chi connectivity index (χ2n) is 7.10. The summed E-state index contributed by atoms with van der Waals surface area (Å²) in [7, 11) is 0. The van der Waals surface area contributed by atoms with Gasteiger partial charge < -0.3 is 0 Å². The lowest BCUT2D eigenvalue weighted by molar-refractivity contribution is 0.709. The maximum Gasteiger partial charge on any atom is 0.122 e. The van der Waals surface area contributed by atoms with Gasteiger partial charge in [0.05, 0.1) is 18.1 Å². The van der Waals surface area contributed by atoms with Gasteiger partial charge in [0, 0.05) is 53.3 Å². The first kappa shape index (κ1) is 23.2. The molecule has 0 saturated carbocycles. The summed E-state index contributed by atoms with van der Waals surface area (Å²) >= 11 is 1.24. The van der Waals surface area contributed by atoms with E-state index in [1.807, 2.05) is 49.6 Å². The Morgan fingerprint density at radius 1 is 1.12 bits per heavy atom. The third-order valence-electron chi connectivity index (χ3n) is 4.78. The van der Waals surface area contributed by atoms with Gasteiger partial charge in [-0.3, -0.25) is 25.3 Å². The highest BCUT2D eigenvalue weighted by Gasteiger charge is 2.08. The van der Waals surface area contributed by atoms with E-state index < -0.39 is 0 Å². The number of aryl methyl sites for hydroxylation is 2. The monoisotopic (exact) mass is 442 g/mol. The molecule has 0 unspecified atom stereocenters. The van der Waals surface area contributed by atoms with Crippen molar-refractivity contribution in [3.05, 3.63) is 83.3 Å². The second-order valence-corrected chi connectivity index (χ2v) is 7.93. The van der Waals surface area contributed by atoms with Crippen molar-refractivity contribution >= 4 is 42.2 Å². The van der Waals surface area contributed by atoms with E-state index in [9.17, 15) is 0 Å². The van der Waals surface area contributed by atoms with Crippen LogP contribution >= 0.6 is 11.9 Å². The fourth-order valence-electron chi connectivity index (χ4n) is 3.28. The number of rotatable bonds is 9. The number of nitrogens with zero attached hydrogens (tertiary/aromatic N) is 5. The highest BCUT2D eigenvalue weighted by atomic mass is 32.2. The van der Waals surface area contributed by atoms with Gasteiger partial charge in [0.25, 0.3) is 0 Å². The van der Waals surface area contributed by atoms with Crippen molar-refractivity contribution in [2.45, 2.75) is 20.4 Å². The normalized spacial score (nSPS) is 11.2. The zero-order valence-corrected chi connectivity index (χ0v) is 19.2. The predicted octanol–water partition coefficient (Wildman–Crippen LogP) is 5.58. The van der Waals surface area contributed by atoms with Gasteiger partial charge in [-0.2, -0.15) is 0 Å². The second kappa shape index (κ2) is 11.3. The number of hydrogen-bond donors (Lipinski definition) is 1. The molecule has 0 spiro atoms. The SMILES string of the molecule is C=Cc1cc(/C(=N/CNCc2cnc(-c3ccnc(C)c3)c(C)c2)SN=C)ccc1N=C. The quantitative estimate of drug-likeness (QED) is 0.203. The maximum absolute atomic E-state index is 4.66. The minimum atomic E-state index is 0.438. The number of hydrogen-bond acceptors (Lipinski definition) is 7. The van der Waals surface area contributed by atoms with Crippen molar-refractivity contribution in [3.63, 3.8) is 0 Å². The molecule has 1 aromatic carbocycles. The summed E-state index contributed by atoms with van der Waals surface area (Å²) in [6, 6.07) is 12.0. The average Bonchev–Trinajstić information content (AvgIpc) is 2.80. The summed E-state index contributed by atoms with van der Waals surface area (Å²) in [6.45, 7) is 16.2. The van der Waals surface area contributed by atoms with Crippen molar-refractivity contribution in [3.8, 4) is 11.3 Å². The van der Waals surface area contributed by atoms with Crippen LogP contribution in [0.5, 0.6) is 0 Å². The van der Waals surface area contributed by atoms with Crippen molar-refractivity contribution in [1.82, 2.24) is 15.3 Å². The van der Waals surface area contributed by atoms with Crippen molar-refractivity contribution in [2.24, 2.45) is 14.4 Å². The third-order valence-corrected chi connectivity index (χ3v) is 5.45. The molecule has 162 valence electrons. The molecule has 0 saturated heterocycles. The smallest absolute Gasteiger partial charge is 0.122 e. The van der Waals surface area contributed by atoms with Gasteiger partial charge in [0.1, 0.15) is 5.04 Å². The van der Waals surface area contributed by atoms with Crippen molar-refractivity contribution in [2.75, 3.05) is 6.67 Å². The molecule has 0 aliphatic carbocycles. The summed E-state index contributed by atoms with van der Waals surface area (Å²) in [4.78, 5) is 17.6. The molecular weight excluding hydrogens is 416 g/mol. The van der Waals surface area contributed by atoms with Crippen LogP contribution in [0.3, 0.4) is 0 Å². The van der Waals surface area contributed by atoms with Gasteiger partial charge in [0.2, 0.25) is 0 Å². The lowest BCUT2D eigenvalue weighted by atomic mass is 10.1. The van der Waals surface area contributed by atoms with Crippen LogP contribution in [0.2, 0.25) is 0 Å². The van der Waals surface area contributed by atoms with Crippen LogP contribution < -0.4 is 5.32 Å². The Balaban J connectivity index is 1.68. The Bertz CT molecular complexity index is 1170. The number of pyridine rings is 2. The molecule has 0 fully saturated rings. The molecule has 0 atom stereocenters. The molecule has 0 amide bonds. The maximum atomic E-state index is 4.66. The fraction of sp³-hybridized carbons (Fsp3) is 0.160. The number of benzene rings is 1. The van der Waals surface area contributed by atoms with E-state index >= 15 is 0 Å². The number of aromatic nitrogens is 2. The molecule has 3 rings (SSSR count). The Hall–Kier alpha value is -3.42. The average molecular weight is 443 g/mol. The molecule has 2 heterocycles. The first-order valence-electron chi connectivity index (χ1n) is 10.1. The summed E-state index contributed by atoms with van der Waals surface area (Å²) in [5.41, 5.74) is 7.86. The van der Waals surface area contributed by atoms with Crippen LogP contribution in [-0.2, 0) is 6.54 Å². The van der Waals surface area contributed by atoms with E-state index in [4.69, 9.17) is 0 Å². The minimum Gasteiger partial charge on any atom is -0.294 e. The molecule has 0 aliphatic heterocycles. The molecule has 1 N–H and O–H groups in total. The largest absolute Gasteiger partial charge is 0.294 e. The van der Waals surface area contributed by atoms with E-state index in [2.05, 4.69) is 62.7 Å². The Morgan fingerprint density at radius 3 is 2.66 bits per heavy atom. The molecule has 6 nitrogen and oxygen atoms in total. The topological polar surface area (TPSA) is 74.9 Å². The Labute approximate surface area is 193 Å². The van der Waals surface area contributed by atoms with Crippen molar-refractivity contribution in [1.29, 1.82) is 0 Å². The molecule has 2 aromatic heterocycles. The summed E-state index contributed by atoms with van der Waals surface area (Å²) < 4.78 is 3.94. The Morgan fingerprint density at radius 2 is 1.97 bits per heavy atom. The first-order chi connectivity index (χ1) is 15.5. The molecule has 0 bridgehead atoms. The van der Waals surface area contributed by atoms with E-state index in [0.717, 1.165) is 49.9 Å². The van der Waals surface area contributed by atoms with E-state index in [-0.39, 0.29) is 0 Å². The van der Waals surface area contributed by atoms with E-state index in [1.54, 1.807) is 6.08 Å². The van der Waals surface area contributed by atoms with Crippen molar-refractivity contribution < 1.29 is 0 Å². The van der Waals surface area contributed by atoms with Gasteiger partial charge in [-0.1, -0.05) is 24.8 Å². The van der Waals surface area contributed by atoms with Gasteiger partial charge in [0.15, 0.2) is 0 Å². The summed E-state index contributed by atoms with van der Waals surface area (Å²) in [5, 5.41) is 4.11. The van der Waals surface area contributed by atoms with E-state index in [0.29, 0.717) is 13.2 Å². The standard InChI is InChI=1S/C25H26N6S/c1-6-20-13-22(7-8-23(20)26-4)25(32-27-5)31-16-28-14-19-11-17(2)24(30-15-19)21-9-10-29-18(3)12-21/h6-13,15,28H,1,4-5,14,16H2,2-3H3/b31-25-. The van der Waals surface area contributed by atoms with E-state index in [1.165, 1.54) is 11.9 Å². The van der Waals surface area contributed by atoms with Gasteiger partial charge >= 0.3 is 0 Å². The first-order valence-corrected chi connectivity index (χ1v) is 10.8. The molecule has 0 radical (unpaired) electrons. The van der Waals surface area contributed by atoms with Crippen LogP contribution in [0.15, 0.2) is 69.8 Å².